The standard InChI is InChI=1S/C17H17F3N/c1-16(2,21)15(12-6-4-3-5-7-12)13-8-10-14(11-9-13)17(18,19)20/h3-11,15H,1,21H2,2H3. The van der Waals surface area contributed by atoms with Crippen molar-refractivity contribution in [3.8, 4) is 0 Å². The quantitative estimate of drug-likeness (QED) is 0.892. The zero-order chi connectivity index (χ0) is 15.7. The van der Waals surface area contributed by atoms with E-state index in [1.165, 1.54) is 12.1 Å². The lowest BCUT2D eigenvalue weighted by atomic mass is 9.78. The van der Waals surface area contributed by atoms with Crippen LogP contribution < -0.4 is 5.73 Å². The molecular weight excluding hydrogens is 275 g/mol. The molecule has 2 atom stereocenters. The summed E-state index contributed by atoms with van der Waals surface area (Å²) in [5.41, 5.74) is 6.28. The Labute approximate surface area is 122 Å². The molecule has 0 aliphatic carbocycles. The van der Waals surface area contributed by atoms with Gasteiger partial charge in [0.2, 0.25) is 0 Å². The fourth-order valence-electron chi connectivity index (χ4n) is 2.46. The van der Waals surface area contributed by atoms with Gasteiger partial charge in [0.1, 0.15) is 0 Å². The molecule has 2 rings (SSSR count). The van der Waals surface area contributed by atoms with Crippen molar-refractivity contribution >= 4 is 0 Å². The first-order chi connectivity index (χ1) is 9.69. The highest BCUT2D eigenvalue weighted by molar-refractivity contribution is 5.38. The van der Waals surface area contributed by atoms with Crippen molar-refractivity contribution in [2.24, 2.45) is 5.73 Å². The van der Waals surface area contributed by atoms with Crippen LogP contribution in [0.25, 0.3) is 0 Å². The minimum Gasteiger partial charge on any atom is -0.324 e. The Hall–Kier alpha value is -1.81. The first-order valence-corrected chi connectivity index (χ1v) is 6.56. The maximum Gasteiger partial charge on any atom is 0.416 e. The monoisotopic (exact) mass is 292 g/mol. The summed E-state index contributed by atoms with van der Waals surface area (Å²) < 4.78 is 37.9. The summed E-state index contributed by atoms with van der Waals surface area (Å²) >= 11 is 0. The predicted octanol–water partition coefficient (Wildman–Crippen LogP) is 4.39. The summed E-state index contributed by atoms with van der Waals surface area (Å²) in [7, 11) is 0. The molecule has 0 aliphatic heterocycles. The van der Waals surface area contributed by atoms with E-state index < -0.39 is 17.3 Å². The van der Waals surface area contributed by atoms with Gasteiger partial charge in [0.25, 0.3) is 0 Å². The summed E-state index contributed by atoms with van der Waals surface area (Å²) in [4.78, 5) is 0. The van der Waals surface area contributed by atoms with Gasteiger partial charge in [0.05, 0.1) is 5.56 Å². The van der Waals surface area contributed by atoms with E-state index in [0.29, 0.717) is 5.56 Å². The predicted molar refractivity (Wildman–Crippen MR) is 77.7 cm³/mol. The molecule has 0 saturated carbocycles. The normalized spacial score (nSPS) is 14.0. The third-order valence-corrected chi connectivity index (χ3v) is 3.36. The van der Waals surface area contributed by atoms with Crippen molar-refractivity contribution in [1.82, 2.24) is 0 Å². The summed E-state index contributed by atoms with van der Waals surface area (Å²) in [5, 5.41) is 0. The van der Waals surface area contributed by atoms with Crippen molar-refractivity contribution in [2.75, 3.05) is 0 Å². The molecule has 0 aromatic heterocycles. The van der Waals surface area contributed by atoms with Crippen LogP contribution in [0.4, 0.5) is 13.2 Å². The number of rotatable bonds is 3. The van der Waals surface area contributed by atoms with Crippen LogP contribution in [0.2, 0.25) is 0 Å². The molecular formula is C17H17F3N. The topological polar surface area (TPSA) is 26.0 Å². The minimum atomic E-state index is -4.34. The van der Waals surface area contributed by atoms with Crippen LogP contribution >= 0.6 is 0 Å². The van der Waals surface area contributed by atoms with Gasteiger partial charge in [-0.05, 0) is 37.1 Å². The number of alkyl halides is 3. The first-order valence-electron chi connectivity index (χ1n) is 6.56. The second-order valence-corrected chi connectivity index (χ2v) is 5.47. The molecule has 0 saturated heterocycles. The Balaban J connectivity index is 2.44. The van der Waals surface area contributed by atoms with Crippen molar-refractivity contribution in [3.63, 3.8) is 0 Å². The SMILES string of the molecule is [CH2]C(C)(N)C(c1ccccc1)c1ccc(C(F)(F)F)cc1. The molecule has 0 heterocycles. The molecule has 111 valence electrons. The molecule has 0 aliphatic rings. The highest BCUT2D eigenvalue weighted by Crippen LogP contribution is 2.35. The van der Waals surface area contributed by atoms with E-state index in [1.54, 1.807) is 6.92 Å². The third-order valence-electron chi connectivity index (χ3n) is 3.36. The van der Waals surface area contributed by atoms with Gasteiger partial charge in [0.15, 0.2) is 0 Å². The van der Waals surface area contributed by atoms with Crippen LogP contribution in [0.1, 0.15) is 29.5 Å². The molecule has 0 spiro atoms. The lowest BCUT2D eigenvalue weighted by Gasteiger charge is -2.31. The van der Waals surface area contributed by atoms with E-state index in [-0.39, 0.29) is 5.92 Å². The Bertz CT molecular complexity index is 580. The summed E-state index contributed by atoms with van der Waals surface area (Å²) in [6, 6.07) is 14.5. The van der Waals surface area contributed by atoms with E-state index in [2.05, 4.69) is 6.92 Å². The number of hydrogen-bond acceptors (Lipinski definition) is 1. The Kier molecular flexibility index (Phi) is 4.10. The Morgan fingerprint density at radius 3 is 1.81 bits per heavy atom. The summed E-state index contributed by atoms with van der Waals surface area (Å²) in [6.07, 6.45) is -4.34. The molecule has 0 bridgehead atoms. The lowest BCUT2D eigenvalue weighted by Crippen LogP contribution is -2.40. The van der Waals surface area contributed by atoms with Crippen LogP contribution in [0.3, 0.4) is 0 Å². The number of hydrogen-bond donors (Lipinski definition) is 1. The maximum atomic E-state index is 12.6. The largest absolute Gasteiger partial charge is 0.416 e. The van der Waals surface area contributed by atoms with Crippen molar-refractivity contribution in [2.45, 2.75) is 24.6 Å². The van der Waals surface area contributed by atoms with Crippen LogP contribution in [0.15, 0.2) is 54.6 Å². The first kappa shape index (κ1) is 15.6. The summed E-state index contributed by atoms with van der Waals surface area (Å²) in [5.74, 6) is -0.277. The second kappa shape index (κ2) is 5.53. The van der Waals surface area contributed by atoms with Crippen molar-refractivity contribution in [3.05, 3.63) is 78.2 Å². The van der Waals surface area contributed by atoms with Gasteiger partial charge in [-0.2, -0.15) is 13.2 Å². The zero-order valence-corrected chi connectivity index (χ0v) is 11.7. The number of benzene rings is 2. The number of nitrogens with two attached hydrogens (primary N) is 1. The van der Waals surface area contributed by atoms with E-state index in [4.69, 9.17) is 5.73 Å². The van der Waals surface area contributed by atoms with Crippen LogP contribution in [-0.4, -0.2) is 5.54 Å². The van der Waals surface area contributed by atoms with E-state index in [1.807, 2.05) is 30.3 Å². The molecule has 2 unspecified atom stereocenters. The van der Waals surface area contributed by atoms with Crippen molar-refractivity contribution in [1.29, 1.82) is 0 Å². The molecule has 1 nitrogen and oxygen atoms in total. The molecule has 0 amide bonds. The zero-order valence-electron chi connectivity index (χ0n) is 11.7. The Morgan fingerprint density at radius 1 is 0.905 bits per heavy atom. The second-order valence-electron chi connectivity index (χ2n) is 5.47. The van der Waals surface area contributed by atoms with Crippen LogP contribution in [0, 0.1) is 6.92 Å². The molecule has 2 aromatic rings. The molecule has 21 heavy (non-hydrogen) atoms. The average Bonchev–Trinajstić information content (AvgIpc) is 2.38. The number of halogens is 3. The molecule has 2 N–H and O–H groups in total. The molecule has 1 radical (unpaired) electrons. The Morgan fingerprint density at radius 2 is 1.38 bits per heavy atom. The maximum absolute atomic E-state index is 12.6. The van der Waals surface area contributed by atoms with Crippen LogP contribution in [0.5, 0.6) is 0 Å². The smallest absolute Gasteiger partial charge is 0.324 e. The van der Waals surface area contributed by atoms with Gasteiger partial charge in [-0.1, -0.05) is 42.5 Å². The van der Waals surface area contributed by atoms with Gasteiger partial charge >= 0.3 is 6.18 Å². The lowest BCUT2D eigenvalue weighted by molar-refractivity contribution is -0.137. The van der Waals surface area contributed by atoms with Gasteiger partial charge < -0.3 is 5.73 Å². The van der Waals surface area contributed by atoms with Crippen molar-refractivity contribution < 1.29 is 13.2 Å². The van der Waals surface area contributed by atoms with E-state index >= 15 is 0 Å². The molecule has 0 fully saturated rings. The van der Waals surface area contributed by atoms with Gasteiger partial charge in [-0.15, -0.1) is 0 Å². The molecule has 4 heteroatoms. The van der Waals surface area contributed by atoms with Gasteiger partial charge in [-0.25, -0.2) is 0 Å². The van der Waals surface area contributed by atoms with Gasteiger partial charge in [0, 0.05) is 11.5 Å². The fraction of sp³-hybridized carbons (Fsp3) is 0.235. The highest BCUT2D eigenvalue weighted by Gasteiger charge is 2.32. The molecule has 2 aromatic carbocycles. The van der Waals surface area contributed by atoms with Crippen LogP contribution in [-0.2, 0) is 6.18 Å². The highest BCUT2D eigenvalue weighted by atomic mass is 19.4. The third kappa shape index (κ3) is 3.64. The van der Waals surface area contributed by atoms with E-state index in [0.717, 1.165) is 17.7 Å². The fourth-order valence-corrected chi connectivity index (χ4v) is 2.46. The van der Waals surface area contributed by atoms with E-state index in [9.17, 15) is 13.2 Å². The minimum absolute atomic E-state index is 0.277. The summed E-state index contributed by atoms with van der Waals surface area (Å²) in [6.45, 7) is 5.72. The average molecular weight is 292 g/mol. The van der Waals surface area contributed by atoms with Gasteiger partial charge in [-0.3, -0.25) is 0 Å².